The third-order valence-corrected chi connectivity index (χ3v) is 5.33. The quantitative estimate of drug-likeness (QED) is 0.288. The molecule has 0 aromatic heterocycles. The van der Waals surface area contributed by atoms with E-state index in [1.807, 2.05) is 12.1 Å². The highest BCUT2D eigenvalue weighted by Gasteiger charge is 2.04. The number of benzene rings is 1. The first-order valence-electron chi connectivity index (χ1n) is 11.2. The Hall–Kier alpha value is -1.02. The number of hydrogen-bond acceptors (Lipinski definition) is 2. The van der Waals surface area contributed by atoms with Crippen molar-refractivity contribution < 1.29 is 10.2 Å². The maximum absolute atomic E-state index is 10.1. The van der Waals surface area contributed by atoms with Crippen molar-refractivity contribution >= 4 is 0 Å². The number of aromatic hydroxyl groups is 1. The summed E-state index contributed by atoms with van der Waals surface area (Å²) < 4.78 is 0. The predicted octanol–water partition coefficient (Wildman–Crippen LogP) is 7.17. The van der Waals surface area contributed by atoms with E-state index in [1.165, 1.54) is 76.2 Å². The Balaban J connectivity index is 1.83. The number of hydrogen-bond donors (Lipinski definition) is 2. The lowest BCUT2D eigenvalue weighted by molar-refractivity contribution is 0.148. The number of aliphatic hydroxyl groups is 1. The van der Waals surface area contributed by atoms with Gasteiger partial charge in [0, 0.05) is 0 Å². The zero-order valence-electron chi connectivity index (χ0n) is 17.1. The summed E-state index contributed by atoms with van der Waals surface area (Å²) in [5.74, 6) is 0.320. The molecule has 0 heterocycles. The van der Waals surface area contributed by atoms with Gasteiger partial charge in [0.15, 0.2) is 0 Å². The van der Waals surface area contributed by atoms with Crippen molar-refractivity contribution in [1.82, 2.24) is 0 Å². The van der Waals surface area contributed by atoms with E-state index in [0.29, 0.717) is 5.75 Å². The van der Waals surface area contributed by atoms with Crippen LogP contribution in [0, 0.1) is 0 Å². The van der Waals surface area contributed by atoms with Crippen molar-refractivity contribution in [3.05, 3.63) is 29.8 Å². The highest BCUT2D eigenvalue weighted by atomic mass is 16.3. The van der Waals surface area contributed by atoms with E-state index in [1.54, 1.807) is 12.1 Å². The molecule has 0 bridgehead atoms. The Morgan fingerprint density at radius 3 is 1.65 bits per heavy atom. The van der Waals surface area contributed by atoms with Crippen LogP contribution in [0.4, 0.5) is 0 Å². The maximum Gasteiger partial charge on any atom is 0.115 e. The van der Waals surface area contributed by atoms with E-state index in [9.17, 15) is 10.2 Å². The van der Waals surface area contributed by atoms with Crippen molar-refractivity contribution in [1.29, 1.82) is 0 Å². The van der Waals surface area contributed by atoms with Crippen LogP contribution in [-0.4, -0.2) is 16.3 Å². The molecule has 0 radical (unpaired) electrons. The normalized spacial score (nSPS) is 12.4. The smallest absolute Gasteiger partial charge is 0.115 e. The average Bonchev–Trinajstić information content (AvgIpc) is 2.64. The molecular weight excluding hydrogens is 320 g/mol. The third kappa shape index (κ3) is 13.2. The van der Waals surface area contributed by atoms with Crippen LogP contribution in [-0.2, 0) is 6.42 Å². The minimum absolute atomic E-state index is 0.143. The molecule has 0 spiro atoms. The second kappa shape index (κ2) is 16.2. The van der Waals surface area contributed by atoms with Crippen LogP contribution >= 0.6 is 0 Å². The second-order valence-corrected chi connectivity index (χ2v) is 7.89. The molecule has 0 saturated heterocycles. The molecule has 2 heteroatoms. The van der Waals surface area contributed by atoms with Crippen LogP contribution in [0.3, 0.4) is 0 Å². The summed E-state index contributed by atoms with van der Waals surface area (Å²) in [6.07, 6.45) is 20.1. The zero-order valence-corrected chi connectivity index (χ0v) is 17.1. The van der Waals surface area contributed by atoms with Gasteiger partial charge < -0.3 is 10.2 Å². The van der Waals surface area contributed by atoms with Crippen LogP contribution in [0.1, 0.15) is 109 Å². The summed E-state index contributed by atoms with van der Waals surface area (Å²) in [5.41, 5.74) is 1.24. The monoisotopic (exact) mass is 362 g/mol. The number of phenols is 1. The molecule has 2 N–H and O–H groups in total. The molecule has 1 atom stereocenters. The lowest BCUT2D eigenvalue weighted by atomic mass is 10.0. The minimum Gasteiger partial charge on any atom is -0.508 e. The van der Waals surface area contributed by atoms with Gasteiger partial charge in [0.1, 0.15) is 5.75 Å². The second-order valence-electron chi connectivity index (χ2n) is 7.89. The van der Waals surface area contributed by atoms with Crippen molar-refractivity contribution in [3.8, 4) is 5.75 Å². The topological polar surface area (TPSA) is 40.5 Å². The Morgan fingerprint density at radius 1 is 0.654 bits per heavy atom. The van der Waals surface area contributed by atoms with Crippen LogP contribution in [0.25, 0.3) is 0 Å². The standard InChI is InChI=1S/C24H42O2/c1-2-3-4-5-6-7-8-9-10-11-12-13-16-23(25)17-14-15-22-18-20-24(26)21-19-22/h18-21,23,25-26H,2-17H2,1H3. The van der Waals surface area contributed by atoms with E-state index < -0.39 is 0 Å². The SMILES string of the molecule is CCCCCCCCCCCCCCC(O)CCCc1ccc(O)cc1. The van der Waals surface area contributed by atoms with Gasteiger partial charge in [-0.2, -0.15) is 0 Å². The maximum atomic E-state index is 10.1. The van der Waals surface area contributed by atoms with Crippen LogP contribution < -0.4 is 0 Å². The fourth-order valence-corrected chi connectivity index (χ4v) is 3.57. The molecule has 2 nitrogen and oxygen atoms in total. The largest absolute Gasteiger partial charge is 0.508 e. The molecule has 150 valence electrons. The molecule has 1 unspecified atom stereocenters. The van der Waals surface area contributed by atoms with E-state index in [4.69, 9.17) is 0 Å². The molecule has 0 amide bonds. The van der Waals surface area contributed by atoms with Crippen molar-refractivity contribution in [2.24, 2.45) is 0 Å². The first kappa shape index (κ1) is 23.0. The molecule has 1 aromatic carbocycles. The van der Waals surface area contributed by atoms with Gasteiger partial charge in [-0.3, -0.25) is 0 Å². The highest BCUT2D eigenvalue weighted by Crippen LogP contribution is 2.16. The Bertz CT molecular complexity index is 413. The van der Waals surface area contributed by atoms with Crippen LogP contribution in [0.15, 0.2) is 24.3 Å². The molecule has 0 saturated carbocycles. The average molecular weight is 363 g/mol. The third-order valence-electron chi connectivity index (χ3n) is 5.33. The molecule has 0 aliphatic rings. The molecule has 0 aliphatic heterocycles. The van der Waals surface area contributed by atoms with E-state index in [0.717, 1.165) is 32.1 Å². The Kier molecular flexibility index (Phi) is 14.3. The van der Waals surface area contributed by atoms with E-state index in [2.05, 4.69) is 6.92 Å². The summed E-state index contributed by atoms with van der Waals surface area (Å²) in [6, 6.07) is 7.40. The van der Waals surface area contributed by atoms with Gasteiger partial charge in [-0.05, 0) is 43.4 Å². The summed E-state index contributed by atoms with van der Waals surface area (Å²) >= 11 is 0. The molecular formula is C24H42O2. The molecule has 26 heavy (non-hydrogen) atoms. The van der Waals surface area contributed by atoms with Crippen LogP contribution in [0.5, 0.6) is 5.75 Å². The minimum atomic E-state index is -0.143. The summed E-state index contributed by atoms with van der Waals surface area (Å²) in [4.78, 5) is 0. The van der Waals surface area contributed by atoms with Gasteiger partial charge in [0.05, 0.1) is 6.10 Å². The van der Waals surface area contributed by atoms with E-state index >= 15 is 0 Å². The van der Waals surface area contributed by atoms with Crippen LogP contribution in [0.2, 0.25) is 0 Å². The number of unbranched alkanes of at least 4 members (excludes halogenated alkanes) is 11. The summed E-state index contributed by atoms with van der Waals surface area (Å²) in [6.45, 7) is 2.27. The summed E-state index contributed by atoms with van der Waals surface area (Å²) in [5, 5.41) is 19.4. The number of rotatable bonds is 17. The van der Waals surface area contributed by atoms with Gasteiger partial charge in [-0.1, -0.05) is 96.1 Å². The molecule has 1 rings (SSSR count). The fourth-order valence-electron chi connectivity index (χ4n) is 3.57. The Labute approximate surface area is 162 Å². The van der Waals surface area contributed by atoms with Gasteiger partial charge in [-0.25, -0.2) is 0 Å². The zero-order chi connectivity index (χ0) is 18.9. The van der Waals surface area contributed by atoms with Crippen molar-refractivity contribution in [2.75, 3.05) is 0 Å². The number of aryl methyl sites for hydroxylation is 1. The highest BCUT2D eigenvalue weighted by molar-refractivity contribution is 5.25. The van der Waals surface area contributed by atoms with Gasteiger partial charge in [0.25, 0.3) is 0 Å². The molecule has 0 aliphatic carbocycles. The van der Waals surface area contributed by atoms with Gasteiger partial charge in [0.2, 0.25) is 0 Å². The van der Waals surface area contributed by atoms with Crippen molar-refractivity contribution in [2.45, 2.75) is 116 Å². The Morgan fingerprint density at radius 2 is 1.12 bits per heavy atom. The number of phenolic OH excluding ortho intramolecular Hbond substituents is 1. The van der Waals surface area contributed by atoms with Crippen molar-refractivity contribution in [3.63, 3.8) is 0 Å². The van der Waals surface area contributed by atoms with E-state index in [-0.39, 0.29) is 6.10 Å². The lowest BCUT2D eigenvalue weighted by Gasteiger charge is -2.10. The van der Waals surface area contributed by atoms with Gasteiger partial charge >= 0.3 is 0 Å². The lowest BCUT2D eigenvalue weighted by Crippen LogP contribution is -2.06. The first-order chi connectivity index (χ1) is 12.7. The predicted molar refractivity (Wildman–Crippen MR) is 113 cm³/mol. The summed E-state index contributed by atoms with van der Waals surface area (Å²) in [7, 11) is 0. The first-order valence-corrected chi connectivity index (χ1v) is 11.2. The number of aliphatic hydroxyl groups excluding tert-OH is 1. The molecule has 1 aromatic rings. The van der Waals surface area contributed by atoms with Gasteiger partial charge in [-0.15, -0.1) is 0 Å². The molecule has 0 fully saturated rings. The fraction of sp³-hybridized carbons (Fsp3) is 0.750.